The van der Waals surface area contributed by atoms with Crippen molar-refractivity contribution in [2.75, 3.05) is 31.1 Å². The van der Waals surface area contributed by atoms with E-state index in [1.807, 2.05) is 41.3 Å². The van der Waals surface area contributed by atoms with Crippen molar-refractivity contribution in [3.8, 4) is 0 Å². The Kier molecular flexibility index (Phi) is 5.47. The number of imidazole rings is 1. The highest BCUT2D eigenvalue weighted by molar-refractivity contribution is 9.10. The standard InChI is InChI=1S/C25H23BrN4O/c26-21-11-5-4-10-20(21)24(31)28-14-16-29(17-15-28)25-27-22-12-6-7-13-23(22)30(25)18-19-8-2-1-3-9-19/h1-13H,14-18H2. The normalized spacial score (nSPS) is 14.2. The number of carbonyl (C=O) groups is 1. The van der Waals surface area contributed by atoms with Crippen LogP contribution in [0.1, 0.15) is 15.9 Å². The van der Waals surface area contributed by atoms with Crippen molar-refractivity contribution in [3.05, 3.63) is 94.5 Å². The van der Waals surface area contributed by atoms with E-state index >= 15 is 0 Å². The minimum Gasteiger partial charge on any atom is -0.339 e. The Labute approximate surface area is 190 Å². The van der Waals surface area contributed by atoms with Gasteiger partial charge in [-0.25, -0.2) is 4.98 Å². The second kappa shape index (κ2) is 8.55. The molecule has 5 nitrogen and oxygen atoms in total. The first-order valence-corrected chi connectivity index (χ1v) is 11.3. The maximum Gasteiger partial charge on any atom is 0.255 e. The van der Waals surface area contributed by atoms with Gasteiger partial charge in [0.1, 0.15) is 0 Å². The summed E-state index contributed by atoms with van der Waals surface area (Å²) in [6.45, 7) is 3.64. The first-order chi connectivity index (χ1) is 15.2. The van der Waals surface area contributed by atoms with Crippen LogP contribution in [-0.4, -0.2) is 46.5 Å². The topological polar surface area (TPSA) is 41.4 Å². The first-order valence-electron chi connectivity index (χ1n) is 10.5. The maximum atomic E-state index is 13.0. The molecule has 1 saturated heterocycles. The van der Waals surface area contributed by atoms with E-state index in [0.29, 0.717) is 18.7 Å². The lowest BCUT2D eigenvalue weighted by atomic mass is 10.2. The highest BCUT2D eigenvalue weighted by Crippen LogP contribution is 2.26. The maximum absolute atomic E-state index is 13.0. The summed E-state index contributed by atoms with van der Waals surface area (Å²) in [5, 5.41) is 0. The largest absolute Gasteiger partial charge is 0.339 e. The molecule has 5 rings (SSSR count). The number of hydrogen-bond acceptors (Lipinski definition) is 3. The number of amides is 1. The minimum atomic E-state index is 0.0740. The van der Waals surface area contributed by atoms with Crippen LogP contribution in [0.15, 0.2) is 83.3 Å². The lowest BCUT2D eigenvalue weighted by molar-refractivity contribution is 0.0745. The predicted molar refractivity (Wildman–Crippen MR) is 128 cm³/mol. The second-order valence-corrected chi connectivity index (χ2v) is 8.59. The van der Waals surface area contributed by atoms with Gasteiger partial charge in [-0.2, -0.15) is 0 Å². The lowest BCUT2D eigenvalue weighted by Gasteiger charge is -2.35. The Morgan fingerprint density at radius 2 is 1.52 bits per heavy atom. The van der Waals surface area contributed by atoms with Gasteiger partial charge in [0.05, 0.1) is 23.1 Å². The number of benzene rings is 3. The van der Waals surface area contributed by atoms with Gasteiger partial charge in [0.25, 0.3) is 5.91 Å². The molecular weight excluding hydrogens is 452 g/mol. The summed E-state index contributed by atoms with van der Waals surface area (Å²) in [6.07, 6.45) is 0. The highest BCUT2D eigenvalue weighted by Gasteiger charge is 2.26. The van der Waals surface area contributed by atoms with Crippen LogP contribution >= 0.6 is 15.9 Å². The van der Waals surface area contributed by atoms with Crippen molar-refractivity contribution < 1.29 is 4.79 Å². The molecular formula is C25H23BrN4O. The van der Waals surface area contributed by atoms with Gasteiger partial charge in [-0.1, -0.05) is 54.6 Å². The fraction of sp³-hybridized carbons (Fsp3) is 0.200. The number of nitrogens with zero attached hydrogens (tertiary/aromatic N) is 4. The lowest BCUT2D eigenvalue weighted by Crippen LogP contribution is -2.49. The summed E-state index contributed by atoms with van der Waals surface area (Å²) in [5.74, 6) is 1.04. The van der Waals surface area contributed by atoms with E-state index in [4.69, 9.17) is 4.98 Å². The predicted octanol–water partition coefficient (Wildman–Crippen LogP) is 4.81. The minimum absolute atomic E-state index is 0.0740. The van der Waals surface area contributed by atoms with Crippen LogP contribution in [0.25, 0.3) is 11.0 Å². The zero-order valence-electron chi connectivity index (χ0n) is 17.1. The number of anilines is 1. The fourth-order valence-corrected chi connectivity index (χ4v) is 4.59. The molecule has 1 amide bonds. The summed E-state index contributed by atoms with van der Waals surface area (Å²) >= 11 is 3.50. The van der Waals surface area contributed by atoms with Crippen LogP contribution in [0.4, 0.5) is 5.95 Å². The summed E-state index contributed by atoms with van der Waals surface area (Å²) in [6, 6.07) is 26.4. The van der Waals surface area contributed by atoms with Crippen LogP contribution in [-0.2, 0) is 6.54 Å². The summed E-state index contributed by atoms with van der Waals surface area (Å²) in [4.78, 5) is 22.2. The number of hydrogen-bond donors (Lipinski definition) is 0. The Hall–Kier alpha value is -3.12. The highest BCUT2D eigenvalue weighted by atomic mass is 79.9. The average molecular weight is 475 g/mol. The summed E-state index contributed by atoms with van der Waals surface area (Å²) < 4.78 is 3.13. The van der Waals surface area contributed by atoms with Gasteiger partial charge in [-0.3, -0.25) is 4.79 Å². The van der Waals surface area contributed by atoms with Gasteiger partial charge in [0, 0.05) is 30.7 Å². The van der Waals surface area contributed by atoms with E-state index in [1.54, 1.807) is 0 Å². The molecule has 6 heteroatoms. The van der Waals surface area contributed by atoms with Crippen LogP contribution in [0, 0.1) is 0 Å². The Morgan fingerprint density at radius 3 is 2.29 bits per heavy atom. The molecule has 31 heavy (non-hydrogen) atoms. The van der Waals surface area contributed by atoms with Gasteiger partial charge >= 0.3 is 0 Å². The van der Waals surface area contributed by atoms with Gasteiger partial charge in [-0.05, 0) is 45.8 Å². The number of fused-ring (bicyclic) bond motifs is 1. The molecule has 0 unspecified atom stereocenters. The van der Waals surface area contributed by atoms with Gasteiger partial charge in [0.15, 0.2) is 0 Å². The van der Waals surface area contributed by atoms with E-state index in [-0.39, 0.29) is 5.91 Å². The molecule has 156 valence electrons. The fourth-order valence-electron chi connectivity index (χ4n) is 4.14. The number of carbonyl (C=O) groups excluding carboxylic acids is 1. The molecule has 1 aromatic heterocycles. The quantitative estimate of drug-likeness (QED) is 0.426. The van der Waals surface area contributed by atoms with Crippen molar-refractivity contribution in [2.45, 2.75) is 6.54 Å². The number of para-hydroxylation sites is 2. The van der Waals surface area contributed by atoms with E-state index in [1.165, 1.54) is 5.56 Å². The molecule has 0 radical (unpaired) electrons. The summed E-state index contributed by atoms with van der Waals surface area (Å²) in [7, 11) is 0. The van der Waals surface area contributed by atoms with Gasteiger partial charge in [-0.15, -0.1) is 0 Å². The van der Waals surface area contributed by atoms with Crippen molar-refractivity contribution in [1.29, 1.82) is 0 Å². The van der Waals surface area contributed by atoms with Crippen LogP contribution in [0.5, 0.6) is 0 Å². The monoisotopic (exact) mass is 474 g/mol. The van der Waals surface area contributed by atoms with Crippen LogP contribution in [0.2, 0.25) is 0 Å². The third-order valence-corrected chi connectivity index (χ3v) is 6.46. The van der Waals surface area contributed by atoms with E-state index < -0.39 is 0 Å². The Balaban J connectivity index is 1.39. The molecule has 1 aliphatic rings. The third-order valence-electron chi connectivity index (χ3n) is 5.77. The molecule has 0 aliphatic carbocycles. The van der Waals surface area contributed by atoms with Gasteiger partial charge in [0.2, 0.25) is 5.95 Å². The molecule has 0 N–H and O–H groups in total. The number of rotatable bonds is 4. The molecule has 2 heterocycles. The molecule has 1 aliphatic heterocycles. The molecule has 0 atom stereocenters. The smallest absolute Gasteiger partial charge is 0.255 e. The first kappa shape index (κ1) is 19.8. The molecule has 0 bridgehead atoms. The van der Waals surface area contributed by atoms with E-state index in [2.05, 4.69) is 67.9 Å². The number of piperazine rings is 1. The average Bonchev–Trinajstić information content (AvgIpc) is 3.18. The van der Waals surface area contributed by atoms with Crippen LogP contribution < -0.4 is 4.90 Å². The van der Waals surface area contributed by atoms with Crippen molar-refractivity contribution in [1.82, 2.24) is 14.5 Å². The van der Waals surface area contributed by atoms with Crippen LogP contribution in [0.3, 0.4) is 0 Å². The van der Waals surface area contributed by atoms with Crippen molar-refractivity contribution in [3.63, 3.8) is 0 Å². The molecule has 3 aromatic carbocycles. The molecule has 0 saturated carbocycles. The Morgan fingerprint density at radius 1 is 0.839 bits per heavy atom. The SMILES string of the molecule is O=C(c1ccccc1Br)N1CCN(c2nc3ccccc3n2Cc2ccccc2)CC1. The molecule has 4 aromatic rings. The second-order valence-electron chi connectivity index (χ2n) is 7.73. The zero-order valence-corrected chi connectivity index (χ0v) is 18.7. The zero-order chi connectivity index (χ0) is 21.2. The molecule has 1 fully saturated rings. The number of aromatic nitrogens is 2. The van der Waals surface area contributed by atoms with E-state index in [9.17, 15) is 4.79 Å². The van der Waals surface area contributed by atoms with Gasteiger partial charge < -0.3 is 14.4 Å². The van der Waals surface area contributed by atoms with Crippen molar-refractivity contribution in [2.24, 2.45) is 0 Å². The van der Waals surface area contributed by atoms with Crippen molar-refractivity contribution >= 4 is 38.8 Å². The van der Waals surface area contributed by atoms with E-state index in [0.717, 1.165) is 41.1 Å². The number of halogens is 1. The summed E-state index contributed by atoms with van der Waals surface area (Å²) in [5.41, 5.74) is 4.09. The molecule has 0 spiro atoms. The third kappa shape index (κ3) is 3.95. The Bertz CT molecular complexity index is 1210.